The molecule has 0 aliphatic carbocycles. The van der Waals surface area contributed by atoms with Crippen LogP contribution in [0, 0.1) is 5.82 Å². The first kappa shape index (κ1) is 17.2. The molecule has 4 nitrogen and oxygen atoms in total. The molecule has 124 valence electrons. The van der Waals surface area contributed by atoms with Crippen molar-refractivity contribution in [3.63, 3.8) is 0 Å². The molecular formula is C18H23FN2O2. The average molecular weight is 318 g/mol. The first-order valence-electron chi connectivity index (χ1n) is 8.09. The molecule has 0 bridgehead atoms. The number of carbonyl (C=O) groups is 1. The molecule has 2 rings (SSSR count). The largest absolute Gasteiger partial charge is 0.359 e. The lowest BCUT2D eigenvalue weighted by Gasteiger charge is -2.06. The lowest BCUT2D eigenvalue weighted by molar-refractivity contribution is -0.121. The fourth-order valence-electron chi connectivity index (χ4n) is 2.49. The van der Waals surface area contributed by atoms with Gasteiger partial charge in [0.2, 0.25) is 5.91 Å². The number of hydrogen-bond acceptors (Lipinski definition) is 3. The van der Waals surface area contributed by atoms with Crippen molar-refractivity contribution in [2.45, 2.75) is 52.0 Å². The minimum atomic E-state index is -0.267. The fourth-order valence-corrected chi connectivity index (χ4v) is 2.49. The number of aromatic nitrogens is 1. The molecule has 1 N–H and O–H groups in total. The Morgan fingerprint density at radius 1 is 1.26 bits per heavy atom. The minimum absolute atomic E-state index is 0.0604. The van der Waals surface area contributed by atoms with Gasteiger partial charge in [-0.25, -0.2) is 4.39 Å². The molecule has 2 aromatic rings. The van der Waals surface area contributed by atoms with Gasteiger partial charge in [-0.2, -0.15) is 0 Å². The molecule has 0 spiro atoms. The summed E-state index contributed by atoms with van der Waals surface area (Å²) in [6.07, 6.45) is 2.99. The van der Waals surface area contributed by atoms with E-state index in [1.165, 1.54) is 12.1 Å². The van der Waals surface area contributed by atoms with Crippen molar-refractivity contribution in [1.29, 1.82) is 0 Å². The highest BCUT2D eigenvalue weighted by Crippen LogP contribution is 2.22. The lowest BCUT2D eigenvalue weighted by atomic mass is 9.99. The summed E-state index contributed by atoms with van der Waals surface area (Å²) >= 11 is 0. The monoisotopic (exact) mass is 318 g/mol. The van der Waals surface area contributed by atoms with Crippen molar-refractivity contribution in [3.05, 3.63) is 53.2 Å². The van der Waals surface area contributed by atoms with Crippen molar-refractivity contribution in [2.24, 2.45) is 0 Å². The van der Waals surface area contributed by atoms with E-state index in [1.54, 1.807) is 12.1 Å². The van der Waals surface area contributed by atoms with Crippen LogP contribution in [0.3, 0.4) is 0 Å². The van der Waals surface area contributed by atoms with Gasteiger partial charge in [0.1, 0.15) is 5.82 Å². The van der Waals surface area contributed by atoms with Gasteiger partial charge in [-0.15, -0.1) is 0 Å². The van der Waals surface area contributed by atoms with Crippen molar-refractivity contribution in [2.75, 3.05) is 0 Å². The molecule has 0 saturated heterocycles. The third-order valence-corrected chi connectivity index (χ3v) is 3.99. The van der Waals surface area contributed by atoms with Crippen LogP contribution < -0.4 is 5.32 Å². The van der Waals surface area contributed by atoms with Crippen LogP contribution >= 0.6 is 0 Å². The minimum Gasteiger partial charge on any atom is -0.359 e. The second kappa shape index (κ2) is 8.46. The van der Waals surface area contributed by atoms with Gasteiger partial charge >= 0.3 is 0 Å². The van der Waals surface area contributed by atoms with Gasteiger partial charge in [-0.1, -0.05) is 31.1 Å². The van der Waals surface area contributed by atoms with Crippen LogP contribution in [0.25, 0.3) is 0 Å². The zero-order valence-electron chi connectivity index (χ0n) is 13.6. The van der Waals surface area contributed by atoms with Crippen LogP contribution in [0.4, 0.5) is 4.39 Å². The molecule has 0 saturated carbocycles. The first-order chi connectivity index (χ1) is 11.1. The maximum Gasteiger partial charge on any atom is 0.220 e. The fraction of sp³-hybridized carbons (Fsp3) is 0.444. The Hall–Kier alpha value is -2.17. The molecular weight excluding hydrogens is 295 g/mol. The van der Waals surface area contributed by atoms with Crippen molar-refractivity contribution in [1.82, 2.24) is 10.5 Å². The van der Waals surface area contributed by atoms with E-state index < -0.39 is 0 Å². The Labute approximate surface area is 136 Å². The summed E-state index contributed by atoms with van der Waals surface area (Å²) in [6, 6.07) is 8.11. The van der Waals surface area contributed by atoms with E-state index in [1.807, 2.05) is 6.07 Å². The van der Waals surface area contributed by atoms with Gasteiger partial charge in [0.05, 0.1) is 12.2 Å². The quantitative estimate of drug-likeness (QED) is 0.801. The highest BCUT2D eigenvalue weighted by molar-refractivity contribution is 5.76. The second-order valence-corrected chi connectivity index (χ2v) is 5.63. The van der Waals surface area contributed by atoms with E-state index in [0.717, 1.165) is 24.1 Å². The average Bonchev–Trinajstić information content (AvgIpc) is 3.02. The van der Waals surface area contributed by atoms with Gasteiger partial charge < -0.3 is 9.84 Å². The molecule has 0 aliphatic rings. The molecule has 1 heterocycles. The zero-order chi connectivity index (χ0) is 16.7. The summed E-state index contributed by atoms with van der Waals surface area (Å²) < 4.78 is 18.1. The molecule has 1 amide bonds. The smallest absolute Gasteiger partial charge is 0.220 e. The number of nitrogens with one attached hydrogen (secondary N) is 1. The van der Waals surface area contributed by atoms with Crippen molar-refractivity contribution < 1.29 is 13.7 Å². The third kappa shape index (κ3) is 5.20. The number of carbonyl (C=O) groups excluding carboxylic acids is 1. The molecule has 0 radical (unpaired) electrons. The van der Waals surface area contributed by atoms with Gasteiger partial charge in [0.25, 0.3) is 0 Å². The summed E-state index contributed by atoms with van der Waals surface area (Å²) in [4.78, 5) is 11.9. The third-order valence-electron chi connectivity index (χ3n) is 3.99. The maximum absolute atomic E-state index is 12.8. The molecule has 0 unspecified atom stereocenters. The van der Waals surface area contributed by atoms with Crippen LogP contribution in [-0.2, 0) is 17.8 Å². The maximum atomic E-state index is 12.8. The number of rotatable bonds is 8. The standard InChI is InChI=1S/C18H23FN2O2/c1-3-14(4-2)17-11-16(23-21-17)12-20-18(22)10-7-13-5-8-15(19)9-6-13/h5-6,8-9,11,14H,3-4,7,10,12H2,1-2H3,(H,20,22). The number of aryl methyl sites for hydroxylation is 1. The zero-order valence-corrected chi connectivity index (χ0v) is 13.6. The number of hydrogen-bond donors (Lipinski definition) is 1. The molecule has 23 heavy (non-hydrogen) atoms. The summed E-state index contributed by atoms with van der Waals surface area (Å²) in [5, 5.41) is 6.90. The first-order valence-corrected chi connectivity index (χ1v) is 8.09. The molecule has 0 atom stereocenters. The summed E-state index contributed by atoms with van der Waals surface area (Å²) in [5.41, 5.74) is 1.89. The van der Waals surface area contributed by atoms with E-state index in [-0.39, 0.29) is 11.7 Å². The number of benzene rings is 1. The molecule has 1 aromatic heterocycles. The molecule has 5 heteroatoms. The van der Waals surface area contributed by atoms with Gasteiger partial charge in [0, 0.05) is 18.4 Å². The summed E-state index contributed by atoms with van der Waals surface area (Å²) in [6.45, 7) is 4.59. The predicted molar refractivity (Wildman–Crippen MR) is 86.4 cm³/mol. The number of nitrogens with zero attached hydrogens (tertiary/aromatic N) is 1. The SMILES string of the molecule is CCC(CC)c1cc(CNC(=O)CCc2ccc(F)cc2)on1. The number of halogens is 1. The topological polar surface area (TPSA) is 55.1 Å². The van der Waals surface area contributed by atoms with E-state index in [4.69, 9.17) is 4.52 Å². The molecule has 1 aromatic carbocycles. The molecule has 0 fully saturated rings. The van der Waals surface area contributed by atoms with Gasteiger partial charge in [-0.3, -0.25) is 4.79 Å². The highest BCUT2D eigenvalue weighted by atomic mass is 19.1. The summed E-state index contributed by atoms with van der Waals surface area (Å²) in [7, 11) is 0. The van der Waals surface area contributed by atoms with Crippen LogP contribution in [0.15, 0.2) is 34.9 Å². The van der Waals surface area contributed by atoms with E-state index in [2.05, 4.69) is 24.3 Å². The van der Waals surface area contributed by atoms with Gasteiger partial charge in [-0.05, 0) is 37.0 Å². The lowest BCUT2D eigenvalue weighted by Crippen LogP contribution is -2.22. The predicted octanol–water partition coefficient (Wildman–Crippen LogP) is 3.97. The Bertz CT molecular complexity index is 618. The second-order valence-electron chi connectivity index (χ2n) is 5.63. The van der Waals surface area contributed by atoms with Crippen LogP contribution in [0.2, 0.25) is 0 Å². The summed E-state index contributed by atoms with van der Waals surface area (Å²) in [5.74, 6) is 0.746. The van der Waals surface area contributed by atoms with Crippen molar-refractivity contribution in [3.8, 4) is 0 Å². The van der Waals surface area contributed by atoms with Gasteiger partial charge in [0.15, 0.2) is 5.76 Å². The van der Waals surface area contributed by atoms with Crippen LogP contribution in [0.1, 0.15) is 56.0 Å². The van der Waals surface area contributed by atoms with E-state index in [0.29, 0.717) is 31.1 Å². The molecule has 0 aliphatic heterocycles. The Morgan fingerprint density at radius 3 is 2.61 bits per heavy atom. The van der Waals surface area contributed by atoms with Crippen LogP contribution in [0.5, 0.6) is 0 Å². The Balaban J connectivity index is 1.77. The number of amides is 1. The van der Waals surface area contributed by atoms with E-state index in [9.17, 15) is 9.18 Å². The Kier molecular flexibility index (Phi) is 6.32. The van der Waals surface area contributed by atoms with E-state index >= 15 is 0 Å². The highest BCUT2D eigenvalue weighted by Gasteiger charge is 2.13. The normalized spacial score (nSPS) is 11.0. The Morgan fingerprint density at radius 2 is 1.96 bits per heavy atom. The van der Waals surface area contributed by atoms with Crippen molar-refractivity contribution >= 4 is 5.91 Å². The van der Waals surface area contributed by atoms with Crippen LogP contribution in [-0.4, -0.2) is 11.1 Å².